The van der Waals surface area contributed by atoms with Crippen molar-refractivity contribution in [3.63, 3.8) is 0 Å². The van der Waals surface area contributed by atoms with Gasteiger partial charge in [-0.25, -0.2) is 13.6 Å². The van der Waals surface area contributed by atoms with Crippen molar-refractivity contribution in [3.8, 4) is 5.75 Å². The van der Waals surface area contributed by atoms with E-state index in [1.54, 1.807) is 23.1 Å². The summed E-state index contributed by atoms with van der Waals surface area (Å²) in [4.78, 5) is 14.3. The summed E-state index contributed by atoms with van der Waals surface area (Å²) in [6, 6.07) is 10.5. The maximum atomic E-state index is 12.7. The maximum absolute atomic E-state index is 12.7. The number of amides is 1. The van der Waals surface area contributed by atoms with Gasteiger partial charge in [-0.1, -0.05) is 0 Å². The number of sulfonamides is 1. The summed E-state index contributed by atoms with van der Waals surface area (Å²) in [5.41, 5.74) is 2.08. The average Bonchev–Trinajstić information content (AvgIpc) is 2.52. The second kappa shape index (κ2) is 5.68. The molecule has 2 aromatic carbocycles. The standard InChI is InChI=1S/C16H16N2O4S/c17-23(21,22)14-6-3-11(4-7-14)16(20)18-9-1-2-12-10-13(19)5-8-15(12)18/h3-8,10,19H,1-2,9H2,(H2,17,21,22). The van der Waals surface area contributed by atoms with Gasteiger partial charge >= 0.3 is 0 Å². The smallest absolute Gasteiger partial charge is 0.258 e. The highest BCUT2D eigenvalue weighted by Crippen LogP contribution is 2.31. The van der Waals surface area contributed by atoms with Crippen molar-refractivity contribution in [2.75, 3.05) is 11.4 Å². The molecule has 7 heteroatoms. The van der Waals surface area contributed by atoms with Gasteiger partial charge in [0.25, 0.3) is 5.91 Å². The Bertz CT molecular complexity index is 860. The van der Waals surface area contributed by atoms with Gasteiger partial charge in [-0.3, -0.25) is 4.79 Å². The fourth-order valence-corrected chi connectivity index (χ4v) is 3.25. The van der Waals surface area contributed by atoms with E-state index in [4.69, 9.17) is 5.14 Å². The van der Waals surface area contributed by atoms with Crippen LogP contribution >= 0.6 is 0 Å². The highest BCUT2D eigenvalue weighted by Gasteiger charge is 2.24. The third kappa shape index (κ3) is 3.06. The van der Waals surface area contributed by atoms with Gasteiger partial charge in [-0.15, -0.1) is 0 Å². The summed E-state index contributed by atoms with van der Waals surface area (Å²) in [6.07, 6.45) is 1.61. The number of primary sulfonamides is 1. The van der Waals surface area contributed by atoms with Gasteiger partial charge in [0, 0.05) is 17.8 Å². The molecule has 3 rings (SSSR count). The average molecular weight is 332 g/mol. The number of phenols is 1. The molecule has 1 aliphatic heterocycles. The number of rotatable bonds is 2. The van der Waals surface area contributed by atoms with E-state index in [1.807, 2.05) is 0 Å². The number of carbonyl (C=O) groups is 1. The molecule has 0 aliphatic carbocycles. The molecular weight excluding hydrogens is 316 g/mol. The molecule has 1 amide bonds. The fourth-order valence-electron chi connectivity index (χ4n) is 2.74. The number of nitrogens with two attached hydrogens (primary N) is 1. The summed E-state index contributed by atoms with van der Waals surface area (Å²) >= 11 is 0. The number of nitrogens with zero attached hydrogens (tertiary/aromatic N) is 1. The lowest BCUT2D eigenvalue weighted by Crippen LogP contribution is -2.35. The van der Waals surface area contributed by atoms with Gasteiger partial charge in [0.2, 0.25) is 10.0 Å². The molecule has 0 unspecified atom stereocenters. The van der Waals surface area contributed by atoms with Gasteiger partial charge in [0.15, 0.2) is 0 Å². The fraction of sp³-hybridized carbons (Fsp3) is 0.188. The lowest BCUT2D eigenvalue weighted by atomic mass is 10.0. The van der Waals surface area contributed by atoms with Crippen LogP contribution in [-0.2, 0) is 16.4 Å². The Kier molecular flexibility index (Phi) is 3.83. The van der Waals surface area contributed by atoms with Crippen LogP contribution in [0.1, 0.15) is 22.3 Å². The molecular formula is C16H16N2O4S. The Morgan fingerprint density at radius 1 is 1.13 bits per heavy atom. The Balaban J connectivity index is 1.93. The van der Waals surface area contributed by atoms with Crippen LogP contribution < -0.4 is 10.0 Å². The molecule has 0 saturated carbocycles. The topological polar surface area (TPSA) is 101 Å². The van der Waals surface area contributed by atoms with E-state index in [-0.39, 0.29) is 16.6 Å². The summed E-state index contributed by atoms with van der Waals surface area (Å²) in [6.45, 7) is 0.577. The van der Waals surface area contributed by atoms with E-state index in [0.717, 1.165) is 24.1 Å². The van der Waals surface area contributed by atoms with Crippen molar-refractivity contribution in [3.05, 3.63) is 53.6 Å². The quantitative estimate of drug-likeness (QED) is 0.873. The van der Waals surface area contributed by atoms with E-state index >= 15 is 0 Å². The first-order valence-electron chi connectivity index (χ1n) is 7.13. The summed E-state index contributed by atoms with van der Waals surface area (Å²) < 4.78 is 22.5. The maximum Gasteiger partial charge on any atom is 0.258 e. The minimum absolute atomic E-state index is 0.0296. The van der Waals surface area contributed by atoms with Crippen molar-refractivity contribution >= 4 is 21.6 Å². The van der Waals surface area contributed by atoms with E-state index in [1.165, 1.54) is 24.3 Å². The van der Waals surface area contributed by atoms with Crippen molar-refractivity contribution < 1.29 is 18.3 Å². The van der Waals surface area contributed by atoms with Crippen LogP contribution in [0.15, 0.2) is 47.4 Å². The summed E-state index contributed by atoms with van der Waals surface area (Å²) in [7, 11) is -3.78. The number of anilines is 1. The number of carbonyl (C=O) groups excluding carboxylic acids is 1. The monoisotopic (exact) mass is 332 g/mol. The van der Waals surface area contributed by atoms with E-state index < -0.39 is 10.0 Å². The first-order chi connectivity index (χ1) is 10.9. The Labute approximate surface area is 134 Å². The number of aromatic hydroxyl groups is 1. The van der Waals surface area contributed by atoms with E-state index in [0.29, 0.717) is 12.1 Å². The highest BCUT2D eigenvalue weighted by atomic mass is 32.2. The van der Waals surface area contributed by atoms with Crippen molar-refractivity contribution in [1.82, 2.24) is 0 Å². The third-order valence-electron chi connectivity index (χ3n) is 3.86. The summed E-state index contributed by atoms with van der Waals surface area (Å²) in [5.74, 6) is -0.0341. The molecule has 0 aromatic heterocycles. The largest absolute Gasteiger partial charge is 0.508 e. The third-order valence-corrected chi connectivity index (χ3v) is 4.79. The molecule has 0 saturated heterocycles. The lowest BCUT2D eigenvalue weighted by Gasteiger charge is -2.29. The molecule has 0 spiro atoms. The number of benzene rings is 2. The molecule has 120 valence electrons. The SMILES string of the molecule is NS(=O)(=O)c1ccc(C(=O)N2CCCc3cc(O)ccc32)cc1. The normalized spacial score (nSPS) is 14.4. The van der Waals surface area contributed by atoms with Crippen molar-refractivity contribution in [2.45, 2.75) is 17.7 Å². The molecule has 2 aromatic rings. The minimum Gasteiger partial charge on any atom is -0.508 e. The van der Waals surface area contributed by atoms with E-state index in [2.05, 4.69) is 0 Å². The molecule has 1 heterocycles. The van der Waals surface area contributed by atoms with Gasteiger partial charge in [-0.05, 0) is 60.9 Å². The Morgan fingerprint density at radius 3 is 2.48 bits per heavy atom. The molecule has 0 radical (unpaired) electrons. The zero-order valence-corrected chi connectivity index (χ0v) is 13.1. The predicted molar refractivity (Wildman–Crippen MR) is 85.9 cm³/mol. The second-order valence-corrected chi connectivity index (χ2v) is 7.00. The molecule has 0 fully saturated rings. The van der Waals surface area contributed by atoms with Gasteiger partial charge in [0.05, 0.1) is 4.90 Å². The first kappa shape index (κ1) is 15.5. The number of phenolic OH excluding ortho intramolecular Hbond substituents is 1. The summed E-state index contributed by atoms with van der Waals surface area (Å²) in [5, 5.41) is 14.6. The van der Waals surface area contributed by atoms with Crippen LogP contribution in [-0.4, -0.2) is 26.0 Å². The highest BCUT2D eigenvalue weighted by molar-refractivity contribution is 7.89. The van der Waals surface area contributed by atoms with Gasteiger partial charge < -0.3 is 10.0 Å². The van der Waals surface area contributed by atoms with Crippen LogP contribution in [0, 0.1) is 0 Å². The van der Waals surface area contributed by atoms with Crippen LogP contribution in [0.2, 0.25) is 0 Å². The van der Waals surface area contributed by atoms with Crippen molar-refractivity contribution in [2.24, 2.45) is 5.14 Å². The number of aryl methyl sites for hydroxylation is 1. The van der Waals surface area contributed by atoms with Crippen LogP contribution in [0.25, 0.3) is 0 Å². The number of hydrogen-bond donors (Lipinski definition) is 2. The number of hydrogen-bond acceptors (Lipinski definition) is 4. The molecule has 3 N–H and O–H groups in total. The molecule has 6 nitrogen and oxygen atoms in total. The first-order valence-corrected chi connectivity index (χ1v) is 8.67. The van der Waals surface area contributed by atoms with Crippen LogP contribution in [0.3, 0.4) is 0 Å². The minimum atomic E-state index is -3.78. The zero-order valence-electron chi connectivity index (χ0n) is 12.3. The lowest BCUT2D eigenvalue weighted by molar-refractivity contribution is 0.0985. The van der Waals surface area contributed by atoms with Gasteiger partial charge in [-0.2, -0.15) is 0 Å². The Hall–Kier alpha value is -2.38. The molecule has 1 aliphatic rings. The number of fused-ring (bicyclic) bond motifs is 1. The van der Waals surface area contributed by atoms with Crippen LogP contribution in [0.4, 0.5) is 5.69 Å². The zero-order chi connectivity index (χ0) is 16.6. The molecule has 0 atom stereocenters. The van der Waals surface area contributed by atoms with Crippen molar-refractivity contribution in [1.29, 1.82) is 0 Å². The van der Waals surface area contributed by atoms with Crippen LogP contribution in [0.5, 0.6) is 5.75 Å². The molecule has 23 heavy (non-hydrogen) atoms. The second-order valence-electron chi connectivity index (χ2n) is 5.44. The van der Waals surface area contributed by atoms with Gasteiger partial charge in [0.1, 0.15) is 5.75 Å². The Morgan fingerprint density at radius 2 is 1.83 bits per heavy atom. The van der Waals surface area contributed by atoms with E-state index in [9.17, 15) is 18.3 Å². The predicted octanol–water partition coefficient (Wildman–Crippen LogP) is 1.63. The molecule has 0 bridgehead atoms.